The summed E-state index contributed by atoms with van der Waals surface area (Å²) in [6.07, 6.45) is -5.32. The van der Waals surface area contributed by atoms with Crippen LogP contribution in [0.4, 0.5) is 23.2 Å². The van der Waals surface area contributed by atoms with Crippen LogP contribution in [0.1, 0.15) is 11.6 Å². The molecule has 0 fully saturated rings. The summed E-state index contributed by atoms with van der Waals surface area (Å²) in [5.41, 5.74) is -0.859. The second-order valence-corrected chi connectivity index (χ2v) is 4.77. The standard InChI is InChI=1S/C16H11F4NO3/c17-12-9-5-4-8-11(12)13(14(22)23)21(15(24)16(18,19)20)10-6-2-1-3-7-10/h1-9,13H,(H,22,23). The zero-order valence-electron chi connectivity index (χ0n) is 12.0. The Morgan fingerprint density at radius 3 is 2.00 bits per heavy atom. The minimum atomic E-state index is -5.32. The third-order valence-corrected chi connectivity index (χ3v) is 3.19. The summed E-state index contributed by atoms with van der Waals surface area (Å²) in [4.78, 5) is 23.4. The highest BCUT2D eigenvalue weighted by Crippen LogP contribution is 2.33. The lowest BCUT2D eigenvalue weighted by Gasteiger charge is -2.30. The van der Waals surface area contributed by atoms with Gasteiger partial charge in [0.1, 0.15) is 5.82 Å². The van der Waals surface area contributed by atoms with Crippen molar-refractivity contribution in [3.8, 4) is 0 Å². The molecule has 0 aromatic heterocycles. The number of hydrogen-bond acceptors (Lipinski definition) is 2. The summed E-state index contributed by atoms with van der Waals surface area (Å²) >= 11 is 0. The first-order chi connectivity index (χ1) is 11.2. The van der Waals surface area contributed by atoms with Gasteiger partial charge in [0.05, 0.1) is 0 Å². The van der Waals surface area contributed by atoms with Gasteiger partial charge in [-0.3, -0.25) is 9.69 Å². The van der Waals surface area contributed by atoms with Gasteiger partial charge in [-0.1, -0.05) is 36.4 Å². The molecule has 0 bridgehead atoms. The quantitative estimate of drug-likeness (QED) is 0.866. The third-order valence-electron chi connectivity index (χ3n) is 3.19. The van der Waals surface area contributed by atoms with Crippen LogP contribution in [-0.2, 0) is 9.59 Å². The number of halogens is 4. The summed E-state index contributed by atoms with van der Waals surface area (Å²) in [5, 5.41) is 9.37. The number of carboxylic acid groups (broad SMARTS) is 1. The van der Waals surface area contributed by atoms with Crippen molar-refractivity contribution in [1.29, 1.82) is 0 Å². The number of anilines is 1. The number of hydrogen-bond donors (Lipinski definition) is 1. The van der Waals surface area contributed by atoms with Gasteiger partial charge in [-0.2, -0.15) is 13.2 Å². The van der Waals surface area contributed by atoms with Crippen LogP contribution in [-0.4, -0.2) is 23.2 Å². The van der Waals surface area contributed by atoms with Crippen molar-refractivity contribution in [2.45, 2.75) is 12.2 Å². The number of rotatable bonds is 4. The van der Waals surface area contributed by atoms with Gasteiger partial charge in [0, 0.05) is 11.3 Å². The molecule has 1 unspecified atom stereocenters. The number of amides is 1. The lowest BCUT2D eigenvalue weighted by Crippen LogP contribution is -2.46. The molecule has 2 aromatic rings. The van der Waals surface area contributed by atoms with Crippen LogP contribution in [0.2, 0.25) is 0 Å². The van der Waals surface area contributed by atoms with Crippen molar-refractivity contribution >= 4 is 17.6 Å². The molecule has 0 heterocycles. The molecule has 24 heavy (non-hydrogen) atoms. The van der Waals surface area contributed by atoms with E-state index in [-0.39, 0.29) is 10.6 Å². The van der Waals surface area contributed by atoms with E-state index >= 15 is 0 Å². The molecule has 0 aliphatic heterocycles. The van der Waals surface area contributed by atoms with Crippen LogP contribution in [0.5, 0.6) is 0 Å². The number of nitrogens with zero attached hydrogens (tertiary/aromatic N) is 1. The van der Waals surface area contributed by atoms with Crippen molar-refractivity contribution < 1.29 is 32.3 Å². The van der Waals surface area contributed by atoms with Gasteiger partial charge in [-0.25, -0.2) is 9.18 Å². The molecule has 8 heteroatoms. The second-order valence-electron chi connectivity index (χ2n) is 4.77. The fraction of sp³-hybridized carbons (Fsp3) is 0.125. The number of alkyl halides is 3. The van der Waals surface area contributed by atoms with Crippen LogP contribution in [0, 0.1) is 5.82 Å². The highest BCUT2D eigenvalue weighted by Gasteiger charge is 2.47. The molecule has 2 aromatic carbocycles. The molecule has 0 aliphatic carbocycles. The lowest BCUT2D eigenvalue weighted by molar-refractivity contribution is -0.172. The molecule has 2 rings (SSSR count). The fourth-order valence-corrected chi connectivity index (χ4v) is 2.19. The van der Waals surface area contributed by atoms with Crippen LogP contribution >= 0.6 is 0 Å². The van der Waals surface area contributed by atoms with Crippen LogP contribution < -0.4 is 4.90 Å². The molecule has 0 radical (unpaired) electrons. The SMILES string of the molecule is O=C(O)C(c1ccccc1F)N(C(=O)C(F)(F)F)c1ccccc1. The van der Waals surface area contributed by atoms with Crippen LogP contribution in [0.15, 0.2) is 54.6 Å². The van der Waals surface area contributed by atoms with E-state index < -0.39 is 35.5 Å². The predicted molar refractivity (Wildman–Crippen MR) is 76.8 cm³/mol. The smallest absolute Gasteiger partial charge is 0.471 e. The Hall–Kier alpha value is -2.90. The zero-order chi connectivity index (χ0) is 17.9. The maximum absolute atomic E-state index is 14.0. The molecule has 1 atom stereocenters. The molecular weight excluding hydrogens is 330 g/mol. The Bertz CT molecular complexity index is 746. The van der Waals surface area contributed by atoms with E-state index in [1.54, 1.807) is 0 Å². The van der Waals surface area contributed by atoms with E-state index in [0.717, 1.165) is 24.3 Å². The van der Waals surface area contributed by atoms with Gasteiger partial charge in [-0.15, -0.1) is 0 Å². The Balaban J connectivity index is 2.65. The van der Waals surface area contributed by atoms with Crippen LogP contribution in [0.3, 0.4) is 0 Å². The summed E-state index contributed by atoms with van der Waals surface area (Å²) in [6.45, 7) is 0. The number of benzene rings is 2. The van der Waals surface area contributed by atoms with Crippen molar-refractivity contribution in [3.63, 3.8) is 0 Å². The molecule has 0 saturated carbocycles. The number of carbonyl (C=O) groups excluding carboxylic acids is 1. The van der Waals surface area contributed by atoms with Crippen molar-refractivity contribution in [2.75, 3.05) is 4.90 Å². The Morgan fingerprint density at radius 2 is 1.50 bits per heavy atom. The van der Waals surface area contributed by atoms with E-state index in [4.69, 9.17) is 0 Å². The molecule has 0 spiro atoms. The topological polar surface area (TPSA) is 57.6 Å². The van der Waals surface area contributed by atoms with Gasteiger partial charge >= 0.3 is 18.1 Å². The Labute approximate surface area is 133 Å². The summed E-state index contributed by atoms with van der Waals surface area (Å²) in [5.74, 6) is -5.22. The fourth-order valence-electron chi connectivity index (χ4n) is 2.19. The minimum absolute atomic E-state index is 0.0285. The normalized spacial score (nSPS) is 12.5. The Kier molecular flexibility index (Phi) is 4.87. The van der Waals surface area contributed by atoms with Gasteiger partial charge in [-0.05, 0) is 18.2 Å². The van der Waals surface area contributed by atoms with Crippen molar-refractivity contribution in [2.24, 2.45) is 0 Å². The van der Waals surface area contributed by atoms with Gasteiger partial charge in [0.25, 0.3) is 0 Å². The highest BCUT2D eigenvalue weighted by atomic mass is 19.4. The number of para-hydroxylation sites is 1. The molecular formula is C16H11F4NO3. The van der Waals surface area contributed by atoms with Crippen molar-refractivity contribution in [3.05, 3.63) is 66.0 Å². The lowest BCUT2D eigenvalue weighted by atomic mass is 10.0. The summed E-state index contributed by atoms with van der Waals surface area (Å²) < 4.78 is 52.8. The Morgan fingerprint density at radius 1 is 0.958 bits per heavy atom. The highest BCUT2D eigenvalue weighted by molar-refractivity contribution is 6.02. The monoisotopic (exact) mass is 341 g/mol. The summed E-state index contributed by atoms with van der Waals surface area (Å²) in [7, 11) is 0. The van der Waals surface area contributed by atoms with E-state index in [1.807, 2.05) is 0 Å². The first kappa shape index (κ1) is 17.5. The molecule has 0 saturated heterocycles. The maximum atomic E-state index is 14.0. The first-order valence-electron chi connectivity index (χ1n) is 6.66. The average Bonchev–Trinajstić information content (AvgIpc) is 2.52. The zero-order valence-corrected chi connectivity index (χ0v) is 12.0. The molecule has 1 amide bonds. The number of aliphatic carboxylic acids is 1. The maximum Gasteiger partial charge on any atom is 0.471 e. The van der Waals surface area contributed by atoms with E-state index in [1.165, 1.54) is 30.3 Å². The van der Waals surface area contributed by atoms with Gasteiger partial charge < -0.3 is 5.11 Å². The van der Waals surface area contributed by atoms with E-state index in [9.17, 15) is 32.3 Å². The molecule has 1 N–H and O–H groups in total. The average molecular weight is 341 g/mol. The van der Waals surface area contributed by atoms with Gasteiger partial charge in [0.15, 0.2) is 6.04 Å². The molecule has 0 aliphatic rings. The summed E-state index contributed by atoms with van der Waals surface area (Å²) in [6, 6.07) is 8.74. The second kappa shape index (κ2) is 6.69. The van der Waals surface area contributed by atoms with Crippen LogP contribution in [0.25, 0.3) is 0 Å². The van der Waals surface area contributed by atoms with Crippen molar-refractivity contribution in [1.82, 2.24) is 0 Å². The predicted octanol–water partition coefficient (Wildman–Crippen LogP) is 3.55. The molecule has 4 nitrogen and oxygen atoms in total. The first-order valence-corrected chi connectivity index (χ1v) is 6.66. The van der Waals surface area contributed by atoms with E-state index in [0.29, 0.717) is 0 Å². The van der Waals surface area contributed by atoms with E-state index in [2.05, 4.69) is 0 Å². The molecule has 126 valence electrons. The number of carbonyl (C=O) groups is 2. The third kappa shape index (κ3) is 3.53. The van der Waals surface area contributed by atoms with Gasteiger partial charge in [0.2, 0.25) is 0 Å². The minimum Gasteiger partial charge on any atom is -0.479 e. The largest absolute Gasteiger partial charge is 0.479 e. The number of carboxylic acids is 1.